The Morgan fingerprint density at radius 1 is 1.25 bits per heavy atom. The van der Waals surface area contributed by atoms with E-state index in [0.717, 1.165) is 43.2 Å². The quantitative estimate of drug-likeness (QED) is 0.923. The first-order chi connectivity index (χ1) is 11.5. The number of benzene rings is 1. The Labute approximate surface area is 145 Å². The van der Waals surface area contributed by atoms with Gasteiger partial charge in [0.2, 0.25) is 5.91 Å². The van der Waals surface area contributed by atoms with Gasteiger partial charge in [0.1, 0.15) is 0 Å². The van der Waals surface area contributed by atoms with E-state index in [1.165, 1.54) is 18.4 Å². The molecule has 1 atom stereocenters. The smallest absolute Gasteiger partial charge is 0.229 e. The summed E-state index contributed by atoms with van der Waals surface area (Å²) in [5, 5.41) is 10.6. The lowest BCUT2D eigenvalue weighted by Crippen LogP contribution is -2.36. The summed E-state index contributed by atoms with van der Waals surface area (Å²) in [5.41, 5.74) is 3.19. The van der Waals surface area contributed by atoms with Gasteiger partial charge in [0.05, 0.1) is 6.10 Å². The number of rotatable bonds is 4. The largest absolute Gasteiger partial charge is 0.387 e. The highest BCUT2D eigenvalue weighted by Gasteiger charge is 2.27. The molecule has 1 amide bonds. The van der Waals surface area contributed by atoms with E-state index in [1.807, 2.05) is 30.9 Å². The van der Waals surface area contributed by atoms with Crippen molar-refractivity contribution < 1.29 is 9.90 Å². The average molecular weight is 330 g/mol. The molecule has 0 aromatic heterocycles. The fourth-order valence-electron chi connectivity index (χ4n) is 3.76. The summed E-state index contributed by atoms with van der Waals surface area (Å²) in [5.74, 6) is 1.01. The Kier molecular flexibility index (Phi) is 5.26. The van der Waals surface area contributed by atoms with Crippen molar-refractivity contribution in [3.63, 3.8) is 0 Å². The molecule has 1 aromatic rings. The minimum atomic E-state index is -0.446. The Bertz CT molecular complexity index is 591. The van der Waals surface area contributed by atoms with E-state index in [2.05, 4.69) is 17.9 Å². The van der Waals surface area contributed by atoms with Crippen molar-refractivity contribution in [2.45, 2.75) is 46.1 Å². The van der Waals surface area contributed by atoms with Crippen LogP contribution in [0.25, 0.3) is 0 Å². The predicted molar refractivity (Wildman–Crippen MR) is 97.1 cm³/mol. The van der Waals surface area contributed by atoms with Gasteiger partial charge in [-0.3, -0.25) is 4.79 Å². The van der Waals surface area contributed by atoms with Crippen LogP contribution in [0, 0.1) is 11.8 Å². The van der Waals surface area contributed by atoms with Gasteiger partial charge in [-0.25, -0.2) is 0 Å². The summed E-state index contributed by atoms with van der Waals surface area (Å²) < 4.78 is 0. The Hall–Kier alpha value is -1.39. The number of hydrogen-bond donors (Lipinski definition) is 1. The number of fused-ring (bicyclic) bond motifs is 1. The van der Waals surface area contributed by atoms with Gasteiger partial charge >= 0.3 is 0 Å². The lowest BCUT2D eigenvalue weighted by molar-refractivity contribution is -0.121. The molecule has 4 nitrogen and oxygen atoms in total. The fourth-order valence-corrected chi connectivity index (χ4v) is 3.76. The minimum Gasteiger partial charge on any atom is -0.387 e. The maximum atomic E-state index is 12.3. The monoisotopic (exact) mass is 330 g/mol. The molecule has 1 N–H and O–H groups in total. The van der Waals surface area contributed by atoms with Crippen LogP contribution in [0.5, 0.6) is 0 Å². The lowest BCUT2D eigenvalue weighted by atomic mass is 9.98. The van der Waals surface area contributed by atoms with Crippen LogP contribution in [0.4, 0.5) is 5.69 Å². The zero-order valence-electron chi connectivity index (χ0n) is 15.2. The molecule has 0 spiro atoms. The Balaban J connectivity index is 1.67. The molecule has 0 radical (unpaired) electrons. The second-order valence-electron chi connectivity index (χ2n) is 7.78. The molecule has 1 fully saturated rings. The van der Waals surface area contributed by atoms with Crippen LogP contribution in [-0.4, -0.2) is 42.1 Å². The van der Waals surface area contributed by atoms with Crippen LogP contribution in [0.3, 0.4) is 0 Å². The maximum absolute atomic E-state index is 12.3. The van der Waals surface area contributed by atoms with Crippen molar-refractivity contribution in [1.29, 1.82) is 0 Å². The maximum Gasteiger partial charge on any atom is 0.229 e. The number of carbonyl (C=O) groups excluding carboxylic acids is 1. The molecule has 4 heteroatoms. The third-order valence-electron chi connectivity index (χ3n) is 5.45. The van der Waals surface area contributed by atoms with Crippen LogP contribution in [-0.2, 0) is 11.2 Å². The molecule has 24 heavy (non-hydrogen) atoms. The van der Waals surface area contributed by atoms with Crippen LogP contribution in [0.2, 0.25) is 0 Å². The number of carbonyl (C=O) groups is 1. The predicted octanol–water partition coefficient (Wildman–Crippen LogP) is 3.00. The van der Waals surface area contributed by atoms with Gasteiger partial charge in [0.25, 0.3) is 0 Å². The van der Waals surface area contributed by atoms with Crippen molar-refractivity contribution in [3.05, 3.63) is 29.3 Å². The van der Waals surface area contributed by atoms with E-state index in [9.17, 15) is 9.90 Å². The van der Waals surface area contributed by atoms with Crippen LogP contribution < -0.4 is 4.90 Å². The molecule has 1 saturated heterocycles. The Morgan fingerprint density at radius 3 is 2.62 bits per heavy atom. The number of aliphatic hydroxyl groups excluding tert-OH is 1. The van der Waals surface area contributed by atoms with E-state index in [4.69, 9.17) is 0 Å². The summed E-state index contributed by atoms with van der Waals surface area (Å²) in [4.78, 5) is 16.5. The first kappa shape index (κ1) is 17.4. The number of amides is 1. The summed E-state index contributed by atoms with van der Waals surface area (Å²) in [6, 6.07) is 6.10. The molecule has 2 heterocycles. The molecule has 2 aliphatic rings. The van der Waals surface area contributed by atoms with Crippen LogP contribution in [0.1, 0.15) is 50.8 Å². The number of aliphatic hydroxyl groups is 1. The van der Waals surface area contributed by atoms with Gasteiger partial charge < -0.3 is 14.9 Å². The van der Waals surface area contributed by atoms with E-state index in [-0.39, 0.29) is 11.8 Å². The zero-order valence-corrected chi connectivity index (χ0v) is 15.2. The van der Waals surface area contributed by atoms with Gasteiger partial charge in [-0.2, -0.15) is 0 Å². The highest BCUT2D eigenvalue weighted by atomic mass is 16.3. The highest BCUT2D eigenvalue weighted by Crippen LogP contribution is 2.32. The number of piperidine rings is 1. The zero-order chi connectivity index (χ0) is 17.3. The fraction of sp³-hybridized carbons (Fsp3) is 0.650. The average Bonchev–Trinajstić information content (AvgIpc) is 2.99. The molecule has 0 aliphatic carbocycles. The number of β-amino-alcohol motifs (C(OH)–C–C–N with tert-alkyl or cyclic N) is 1. The second kappa shape index (κ2) is 7.24. The molecule has 132 valence electrons. The van der Waals surface area contributed by atoms with E-state index >= 15 is 0 Å². The number of hydrogen-bond acceptors (Lipinski definition) is 3. The van der Waals surface area contributed by atoms with E-state index in [1.54, 1.807) is 0 Å². The Morgan fingerprint density at radius 2 is 1.96 bits per heavy atom. The van der Waals surface area contributed by atoms with Crippen LogP contribution >= 0.6 is 0 Å². The first-order valence-electron chi connectivity index (χ1n) is 9.30. The normalized spacial score (nSPS) is 20.5. The van der Waals surface area contributed by atoms with Gasteiger partial charge in [0.15, 0.2) is 0 Å². The molecule has 3 rings (SSSR count). The standard InChI is InChI=1S/C20H30N2O2/c1-14(2)20(24)22-11-8-16-12-17(4-5-18(16)22)19(23)13-21-9-6-15(3)7-10-21/h4-5,12,14-15,19,23H,6-11,13H2,1-3H3. The number of anilines is 1. The van der Waals surface area contributed by atoms with Crippen LogP contribution in [0.15, 0.2) is 18.2 Å². The topological polar surface area (TPSA) is 43.8 Å². The summed E-state index contributed by atoms with van der Waals surface area (Å²) in [6.45, 7) is 9.82. The van der Waals surface area contributed by atoms with E-state index < -0.39 is 6.10 Å². The number of likely N-dealkylation sites (tertiary alicyclic amines) is 1. The highest BCUT2D eigenvalue weighted by molar-refractivity contribution is 5.96. The van der Waals surface area contributed by atoms with Crippen molar-refractivity contribution in [2.24, 2.45) is 11.8 Å². The summed E-state index contributed by atoms with van der Waals surface area (Å²) in [6.07, 6.45) is 2.89. The molecule has 0 bridgehead atoms. The summed E-state index contributed by atoms with van der Waals surface area (Å²) >= 11 is 0. The second-order valence-corrected chi connectivity index (χ2v) is 7.78. The molecule has 2 aliphatic heterocycles. The summed E-state index contributed by atoms with van der Waals surface area (Å²) in [7, 11) is 0. The third-order valence-corrected chi connectivity index (χ3v) is 5.45. The van der Waals surface area contributed by atoms with Crippen molar-refractivity contribution in [2.75, 3.05) is 31.1 Å². The molecule has 1 aromatic carbocycles. The molecule has 1 unspecified atom stereocenters. The van der Waals surface area contributed by atoms with Gasteiger partial charge in [-0.15, -0.1) is 0 Å². The van der Waals surface area contributed by atoms with Gasteiger partial charge in [-0.1, -0.05) is 32.9 Å². The van der Waals surface area contributed by atoms with Gasteiger partial charge in [-0.05, 0) is 55.5 Å². The van der Waals surface area contributed by atoms with Crippen molar-refractivity contribution >= 4 is 11.6 Å². The number of nitrogens with zero attached hydrogens (tertiary/aromatic N) is 2. The van der Waals surface area contributed by atoms with Crippen molar-refractivity contribution in [3.8, 4) is 0 Å². The molecular weight excluding hydrogens is 300 g/mol. The van der Waals surface area contributed by atoms with Gasteiger partial charge in [0, 0.05) is 24.7 Å². The first-order valence-corrected chi connectivity index (χ1v) is 9.30. The minimum absolute atomic E-state index is 0.0164. The molecule has 0 saturated carbocycles. The van der Waals surface area contributed by atoms with Crippen molar-refractivity contribution in [1.82, 2.24) is 4.90 Å². The SMILES string of the molecule is CC1CCN(CC(O)c2ccc3c(c2)CCN3C(=O)C(C)C)CC1. The lowest BCUT2D eigenvalue weighted by Gasteiger charge is -2.31. The molecular formula is C20H30N2O2. The third kappa shape index (κ3) is 3.65. The van der Waals surface area contributed by atoms with E-state index in [0.29, 0.717) is 6.54 Å².